The largest absolute Gasteiger partial charge is 0.492 e. The van der Waals surface area contributed by atoms with E-state index in [1.807, 2.05) is 19.2 Å². The molecule has 0 aromatic heterocycles. The van der Waals surface area contributed by atoms with Gasteiger partial charge in [0, 0.05) is 32.8 Å². The molecule has 1 N–H and O–H groups in total. The van der Waals surface area contributed by atoms with Crippen LogP contribution in [0.1, 0.15) is 25.8 Å². The standard InChI is InChI=1S/C17H30N2O2/c1-5-15(2)19(10-12-20-4)11-13-21-17-8-6-16(7-9-17)14-18-3/h6-9,15,18H,5,10-14H2,1-4H3. The Labute approximate surface area is 129 Å². The van der Waals surface area contributed by atoms with Crippen LogP contribution in [0.2, 0.25) is 0 Å². The molecule has 0 bridgehead atoms. The monoisotopic (exact) mass is 294 g/mol. The first-order valence-electron chi connectivity index (χ1n) is 7.80. The quantitative estimate of drug-likeness (QED) is 0.680. The highest BCUT2D eigenvalue weighted by atomic mass is 16.5. The van der Waals surface area contributed by atoms with Crippen molar-refractivity contribution in [2.24, 2.45) is 0 Å². The molecule has 0 spiro atoms. The first kappa shape index (κ1) is 18.0. The third-order valence-electron chi connectivity index (χ3n) is 3.75. The van der Waals surface area contributed by atoms with Crippen LogP contribution >= 0.6 is 0 Å². The molecule has 1 atom stereocenters. The van der Waals surface area contributed by atoms with Crippen molar-refractivity contribution in [2.45, 2.75) is 32.9 Å². The molecule has 1 aromatic rings. The second-order valence-electron chi connectivity index (χ2n) is 5.31. The molecular formula is C17H30N2O2. The minimum atomic E-state index is 0.557. The molecule has 1 aromatic carbocycles. The van der Waals surface area contributed by atoms with Gasteiger partial charge < -0.3 is 14.8 Å². The van der Waals surface area contributed by atoms with E-state index in [4.69, 9.17) is 9.47 Å². The van der Waals surface area contributed by atoms with Crippen molar-refractivity contribution in [3.05, 3.63) is 29.8 Å². The second-order valence-corrected chi connectivity index (χ2v) is 5.31. The summed E-state index contributed by atoms with van der Waals surface area (Å²) in [4.78, 5) is 2.42. The number of nitrogens with one attached hydrogen (secondary N) is 1. The van der Waals surface area contributed by atoms with Crippen molar-refractivity contribution in [3.8, 4) is 5.75 Å². The number of benzene rings is 1. The molecule has 0 aliphatic carbocycles. The lowest BCUT2D eigenvalue weighted by Crippen LogP contribution is -2.38. The van der Waals surface area contributed by atoms with Gasteiger partial charge in [0.25, 0.3) is 0 Å². The zero-order valence-corrected chi connectivity index (χ0v) is 13.9. The van der Waals surface area contributed by atoms with Gasteiger partial charge in [-0.15, -0.1) is 0 Å². The molecule has 0 amide bonds. The third kappa shape index (κ3) is 6.93. The van der Waals surface area contributed by atoms with Gasteiger partial charge in [-0.05, 0) is 38.1 Å². The molecular weight excluding hydrogens is 264 g/mol. The maximum absolute atomic E-state index is 5.84. The van der Waals surface area contributed by atoms with E-state index in [0.717, 1.165) is 38.4 Å². The fourth-order valence-electron chi connectivity index (χ4n) is 2.21. The smallest absolute Gasteiger partial charge is 0.119 e. The van der Waals surface area contributed by atoms with E-state index in [2.05, 4.69) is 36.2 Å². The highest BCUT2D eigenvalue weighted by Crippen LogP contribution is 2.12. The number of methoxy groups -OCH3 is 1. The van der Waals surface area contributed by atoms with Gasteiger partial charge in [-0.3, -0.25) is 4.90 Å². The Hall–Kier alpha value is -1.10. The summed E-state index contributed by atoms with van der Waals surface area (Å²) in [6.45, 7) is 8.71. The molecule has 0 fully saturated rings. The Morgan fingerprint density at radius 1 is 1.14 bits per heavy atom. The molecule has 0 heterocycles. The zero-order chi connectivity index (χ0) is 15.5. The average Bonchev–Trinajstić information content (AvgIpc) is 2.51. The minimum Gasteiger partial charge on any atom is -0.492 e. The van der Waals surface area contributed by atoms with Gasteiger partial charge in [0.1, 0.15) is 12.4 Å². The molecule has 1 unspecified atom stereocenters. The number of ether oxygens (including phenoxy) is 2. The van der Waals surface area contributed by atoms with Crippen LogP contribution in [-0.2, 0) is 11.3 Å². The van der Waals surface area contributed by atoms with Crippen LogP contribution in [0.5, 0.6) is 5.75 Å². The van der Waals surface area contributed by atoms with E-state index in [-0.39, 0.29) is 0 Å². The van der Waals surface area contributed by atoms with Crippen molar-refractivity contribution < 1.29 is 9.47 Å². The van der Waals surface area contributed by atoms with Crippen molar-refractivity contribution in [3.63, 3.8) is 0 Å². The van der Waals surface area contributed by atoms with Crippen LogP contribution in [0, 0.1) is 0 Å². The lowest BCUT2D eigenvalue weighted by molar-refractivity contribution is 0.109. The van der Waals surface area contributed by atoms with E-state index in [9.17, 15) is 0 Å². The Kier molecular flexibility index (Phi) is 9.06. The van der Waals surface area contributed by atoms with Gasteiger partial charge in [-0.1, -0.05) is 19.1 Å². The number of nitrogens with zero attached hydrogens (tertiary/aromatic N) is 1. The van der Waals surface area contributed by atoms with Crippen LogP contribution in [0.3, 0.4) is 0 Å². The van der Waals surface area contributed by atoms with E-state index in [0.29, 0.717) is 12.6 Å². The molecule has 4 nitrogen and oxygen atoms in total. The molecule has 0 radical (unpaired) electrons. The van der Waals surface area contributed by atoms with E-state index in [1.165, 1.54) is 5.56 Å². The predicted molar refractivity (Wildman–Crippen MR) is 87.9 cm³/mol. The molecule has 0 saturated carbocycles. The third-order valence-corrected chi connectivity index (χ3v) is 3.75. The fraction of sp³-hybridized carbons (Fsp3) is 0.647. The molecule has 120 valence electrons. The van der Waals surface area contributed by atoms with Gasteiger partial charge in [0.15, 0.2) is 0 Å². The highest BCUT2D eigenvalue weighted by molar-refractivity contribution is 5.27. The van der Waals surface area contributed by atoms with Gasteiger partial charge >= 0.3 is 0 Å². The first-order chi connectivity index (χ1) is 10.2. The molecule has 0 aliphatic rings. The molecule has 0 saturated heterocycles. The second kappa shape index (κ2) is 10.6. The van der Waals surface area contributed by atoms with E-state index < -0.39 is 0 Å². The maximum atomic E-state index is 5.84. The lowest BCUT2D eigenvalue weighted by Gasteiger charge is -2.27. The van der Waals surface area contributed by atoms with E-state index >= 15 is 0 Å². The van der Waals surface area contributed by atoms with Crippen LogP contribution in [0.15, 0.2) is 24.3 Å². The summed E-state index contributed by atoms with van der Waals surface area (Å²) in [5, 5.41) is 3.14. The topological polar surface area (TPSA) is 33.7 Å². The molecule has 1 rings (SSSR count). The Bertz CT molecular complexity index is 368. The number of hydrogen-bond donors (Lipinski definition) is 1. The summed E-state index contributed by atoms with van der Waals surface area (Å²) in [7, 11) is 3.70. The fourth-order valence-corrected chi connectivity index (χ4v) is 2.21. The van der Waals surface area contributed by atoms with Crippen LogP contribution in [-0.4, -0.2) is 51.4 Å². The van der Waals surface area contributed by atoms with Gasteiger partial charge in [-0.2, -0.15) is 0 Å². The van der Waals surface area contributed by atoms with Crippen LogP contribution in [0.25, 0.3) is 0 Å². The van der Waals surface area contributed by atoms with Gasteiger partial charge in [0.05, 0.1) is 6.61 Å². The van der Waals surface area contributed by atoms with Crippen molar-refractivity contribution in [2.75, 3.05) is 40.5 Å². The lowest BCUT2D eigenvalue weighted by atomic mass is 10.2. The van der Waals surface area contributed by atoms with Gasteiger partial charge in [-0.25, -0.2) is 0 Å². The normalized spacial score (nSPS) is 12.6. The van der Waals surface area contributed by atoms with Crippen LogP contribution < -0.4 is 10.1 Å². The summed E-state index contributed by atoms with van der Waals surface area (Å²) < 4.78 is 11.0. The Morgan fingerprint density at radius 3 is 2.38 bits per heavy atom. The molecule has 4 heteroatoms. The van der Waals surface area contributed by atoms with Crippen LogP contribution in [0.4, 0.5) is 0 Å². The summed E-state index contributed by atoms with van der Waals surface area (Å²) in [6.07, 6.45) is 1.14. The highest BCUT2D eigenvalue weighted by Gasteiger charge is 2.11. The minimum absolute atomic E-state index is 0.557. The van der Waals surface area contributed by atoms with Crippen molar-refractivity contribution in [1.29, 1.82) is 0 Å². The summed E-state index contributed by atoms with van der Waals surface area (Å²) in [6, 6.07) is 8.83. The first-order valence-corrected chi connectivity index (χ1v) is 7.80. The number of rotatable bonds is 11. The Balaban J connectivity index is 2.38. The molecule has 21 heavy (non-hydrogen) atoms. The predicted octanol–water partition coefficient (Wildman–Crippen LogP) is 2.53. The summed E-state index contributed by atoms with van der Waals surface area (Å²) >= 11 is 0. The van der Waals surface area contributed by atoms with Crippen molar-refractivity contribution >= 4 is 0 Å². The van der Waals surface area contributed by atoms with Gasteiger partial charge in [0.2, 0.25) is 0 Å². The maximum Gasteiger partial charge on any atom is 0.119 e. The molecule has 0 aliphatic heterocycles. The summed E-state index contributed by atoms with van der Waals surface area (Å²) in [5.74, 6) is 0.936. The van der Waals surface area contributed by atoms with E-state index in [1.54, 1.807) is 7.11 Å². The summed E-state index contributed by atoms with van der Waals surface area (Å²) in [5.41, 5.74) is 1.27. The zero-order valence-electron chi connectivity index (χ0n) is 13.9. The SMILES string of the molecule is CCC(C)N(CCOC)CCOc1ccc(CNC)cc1. The Morgan fingerprint density at radius 2 is 1.81 bits per heavy atom. The average molecular weight is 294 g/mol. The number of hydrogen-bond acceptors (Lipinski definition) is 4. The van der Waals surface area contributed by atoms with Crippen molar-refractivity contribution in [1.82, 2.24) is 10.2 Å².